The summed E-state index contributed by atoms with van der Waals surface area (Å²) in [6.45, 7) is 2.47. The van der Waals surface area contributed by atoms with Crippen molar-refractivity contribution in [1.29, 1.82) is 0 Å². The van der Waals surface area contributed by atoms with E-state index in [4.69, 9.17) is 9.15 Å². The molecule has 0 spiro atoms. The summed E-state index contributed by atoms with van der Waals surface area (Å²) in [6, 6.07) is 22.6. The summed E-state index contributed by atoms with van der Waals surface area (Å²) in [7, 11) is 0. The van der Waals surface area contributed by atoms with Crippen LogP contribution in [0.5, 0.6) is 5.88 Å². The highest BCUT2D eigenvalue weighted by atomic mass is 16.5. The quantitative estimate of drug-likeness (QED) is 0.334. The zero-order chi connectivity index (χ0) is 24.2. The van der Waals surface area contributed by atoms with Crippen molar-refractivity contribution >= 4 is 5.97 Å². The predicted molar refractivity (Wildman–Crippen MR) is 129 cm³/mol. The summed E-state index contributed by atoms with van der Waals surface area (Å²) < 4.78 is 13.2. The Bertz CT molecular complexity index is 1440. The van der Waals surface area contributed by atoms with Gasteiger partial charge in [-0.05, 0) is 24.6 Å². The molecule has 0 unspecified atom stereocenters. The second-order valence-electron chi connectivity index (χ2n) is 7.94. The molecule has 8 heteroatoms. The van der Waals surface area contributed by atoms with Gasteiger partial charge in [0.1, 0.15) is 29.3 Å². The number of hydrogen-bond acceptors (Lipinski definition) is 6. The van der Waals surface area contributed by atoms with Crippen LogP contribution in [-0.2, 0) is 13.2 Å². The summed E-state index contributed by atoms with van der Waals surface area (Å²) in [6.07, 6.45) is 3.22. The fourth-order valence-electron chi connectivity index (χ4n) is 3.65. The van der Waals surface area contributed by atoms with Gasteiger partial charge in [-0.3, -0.25) is 4.68 Å². The number of carbonyl (C=O) groups is 1. The van der Waals surface area contributed by atoms with Crippen LogP contribution in [0.25, 0.3) is 22.7 Å². The van der Waals surface area contributed by atoms with Crippen molar-refractivity contribution in [2.45, 2.75) is 20.1 Å². The first-order valence-electron chi connectivity index (χ1n) is 11.0. The lowest BCUT2D eigenvalue weighted by molar-refractivity contribution is 0.0697. The predicted octanol–water partition coefficient (Wildman–Crippen LogP) is 5.23. The molecule has 174 valence electrons. The molecule has 5 rings (SSSR count). The van der Waals surface area contributed by atoms with E-state index in [9.17, 15) is 9.90 Å². The van der Waals surface area contributed by atoms with Gasteiger partial charge in [0.05, 0.1) is 6.54 Å². The second-order valence-corrected chi connectivity index (χ2v) is 7.94. The zero-order valence-corrected chi connectivity index (χ0v) is 19.0. The number of pyridine rings is 1. The molecule has 0 saturated carbocycles. The van der Waals surface area contributed by atoms with Gasteiger partial charge in [-0.25, -0.2) is 14.8 Å². The standard InChI is InChI=1S/C27H22N4O4/c1-18-23(29-26(35-18)21-10-6-3-7-11-21)17-34-24-13-12-19(14-28-24)15-31-16-22(27(32)33)25(30-31)20-8-4-2-5-9-20/h2-14,16H,15,17H2,1H3,(H,32,33). The Kier molecular flexibility index (Phi) is 6.09. The van der Waals surface area contributed by atoms with Gasteiger partial charge in [-0.1, -0.05) is 54.6 Å². The van der Waals surface area contributed by atoms with Gasteiger partial charge in [-0.15, -0.1) is 0 Å². The fraction of sp³-hybridized carbons (Fsp3) is 0.111. The number of hydrogen-bond donors (Lipinski definition) is 1. The van der Waals surface area contributed by atoms with Crippen molar-refractivity contribution in [3.8, 4) is 28.6 Å². The average molecular weight is 466 g/mol. The highest BCUT2D eigenvalue weighted by Gasteiger charge is 2.17. The van der Waals surface area contributed by atoms with E-state index in [1.165, 1.54) is 6.20 Å². The molecular formula is C27H22N4O4. The largest absolute Gasteiger partial charge is 0.478 e. The van der Waals surface area contributed by atoms with Gasteiger partial charge in [0.2, 0.25) is 11.8 Å². The van der Waals surface area contributed by atoms with E-state index in [2.05, 4.69) is 15.1 Å². The van der Waals surface area contributed by atoms with E-state index in [0.29, 0.717) is 35.5 Å². The first-order chi connectivity index (χ1) is 17.1. The smallest absolute Gasteiger partial charge is 0.339 e. The molecule has 35 heavy (non-hydrogen) atoms. The Labute approximate surface area is 201 Å². The Morgan fingerprint density at radius 1 is 1.00 bits per heavy atom. The minimum Gasteiger partial charge on any atom is -0.478 e. The Balaban J connectivity index is 1.26. The molecule has 0 aliphatic rings. The van der Waals surface area contributed by atoms with E-state index in [-0.39, 0.29) is 12.2 Å². The number of benzene rings is 2. The maximum Gasteiger partial charge on any atom is 0.339 e. The molecule has 3 heterocycles. The number of ether oxygens (including phenoxy) is 1. The third-order valence-corrected chi connectivity index (χ3v) is 5.45. The van der Waals surface area contributed by atoms with Crippen LogP contribution in [0.3, 0.4) is 0 Å². The van der Waals surface area contributed by atoms with E-state index < -0.39 is 5.97 Å². The molecule has 0 bridgehead atoms. The molecule has 0 amide bonds. The SMILES string of the molecule is Cc1oc(-c2ccccc2)nc1COc1ccc(Cn2cc(C(=O)O)c(-c3ccccc3)n2)cn1. The molecular weight excluding hydrogens is 444 g/mol. The van der Waals surface area contributed by atoms with Gasteiger partial charge in [0.15, 0.2) is 0 Å². The number of aryl methyl sites for hydroxylation is 1. The molecule has 2 aromatic carbocycles. The molecule has 8 nitrogen and oxygen atoms in total. The lowest BCUT2D eigenvalue weighted by Gasteiger charge is -2.05. The number of aromatic carboxylic acids is 1. The third-order valence-electron chi connectivity index (χ3n) is 5.45. The summed E-state index contributed by atoms with van der Waals surface area (Å²) >= 11 is 0. The van der Waals surface area contributed by atoms with Crippen molar-refractivity contribution in [2.24, 2.45) is 0 Å². The number of carboxylic acid groups (broad SMARTS) is 1. The molecule has 3 aromatic heterocycles. The number of nitrogens with zero attached hydrogens (tertiary/aromatic N) is 4. The molecule has 0 radical (unpaired) electrons. The first-order valence-corrected chi connectivity index (χ1v) is 11.0. The minimum absolute atomic E-state index is 0.155. The van der Waals surface area contributed by atoms with Crippen molar-refractivity contribution < 1.29 is 19.1 Å². The van der Waals surface area contributed by atoms with Crippen LogP contribution < -0.4 is 4.74 Å². The van der Waals surface area contributed by atoms with Gasteiger partial charge in [-0.2, -0.15) is 5.10 Å². The molecule has 5 aromatic rings. The normalized spacial score (nSPS) is 10.9. The summed E-state index contributed by atoms with van der Waals surface area (Å²) in [5.74, 6) is 0.687. The molecule has 0 atom stereocenters. The molecule has 0 aliphatic carbocycles. The maximum absolute atomic E-state index is 11.7. The highest BCUT2D eigenvalue weighted by molar-refractivity contribution is 5.94. The van der Waals surface area contributed by atoms with Gasteiger partial charge in [0, 0.05) is 29.6 Å². The molecule has 0 fully saturated rings. The Morgan fingerprint density at radius 3 is 2.37 bits per heavy atom. The van der Waals surface area contributed by atoms with Crippen LogP contribution in [0.2, 0.25) is 0 Å². The van der Waals surface area contributed by atoms with E-state index in [1.807, 2.05) is 73.7 Å². The molecule has 0 aliphatic heterocycles. The van der Waals surface area contributed by atoms with Gasteiger partial charge >= 0.3 is 5.97 Å². The van der Waals surface area contributed by atoms with E-state index in [0.717, 1.165) is 16.7 Å². The number of oxazole rings is 1. The number of rotatable bonds is 8. The van der Waals surface area contributed by atoms with E-state index in [1.54, 1.807) is 16.9 Å². The van der Waals surface area contributed by atoms with Crippen LogP contribution in [-0.4, -0.2) is 30.8 Å². The van der Waals surface area contributed by atoms with Crippen LogP contribution in [0.15, 0.2) is 89.6 Å². The highest BCUT2D eigenvalue weighted by Crippen LogP contribution is 2.24. The van der Waals surface area contributed by atoms with Crippen LogP contribution in [0.1, 0.15) is 27.4 Å². The lowest BCUT2D eigenvalue weighted by Crippen LogP contribution is -2.03. The molecule has 1 N–H and O–H groups in total. The topological polar surface area (TPSA) is 103 Å². The Hall–Kier alpha value is -4.72. The summed E-state index contributed by atoms with van der Waals surface area (Å²) in [5.41, 5.74) is 3.82. The number of carboxylic acids is 1. The van der Waals surface area contributed by atoms with Gasteiger partial charge in [0.25, 0.3) is 0 Å². The van der Waals surface area contributed by atoms with Gasteiger partial charge < -0.3 is 14.3 Å². The van der Waals surface area contributed by atoms with Crippen molar-refractivity contribution in [3.63, 3.8) is 0 Å². The van der Waals surface area contributed by atoms with Crippen LogP contribution >= 0.6 is 0 Å². The third kappa shape index (κ3) is 4.96. The summed E-state index contributed by atoms with van der Waals surface area (Å²) in [4.78, 5) is 20.6. The minimum atomic E-state index is -1.02. The monoisotopic (exact) mass is 466 g/mol. The van der Waals surface area contributed by atoms with Crippen molar-refractivity contribution in [3.05, 3.63) is 108 Å². The fourth-order valence-corrected chi connectivity index (χ4v) is 3.65. The number of aromatic nitrogens is 4. The van der Waals surface area contributed by atoms with Crippen LogP contribution in [0.4, 0.5) is 0 Å². The summed E-state index contributed by atoms with van der Waals surface area (Å²) in [5, 5.41) is 14.1. The van der Waals surface area contributed by atoms with Crippen molar-refractivity contribution in [1.82, 2.24) is 19.7 Å². The first kappa shape index (κ1) is 22.1. The van der Waals surface area contributed by atoms with E-state index >= 15 is 0 Å². The zero-order valence-electron chi connectivity index (χ0n) is 19.0. The van der Waals surface area contributed by atoms with Crippen molar-refractivity contribution in [2.75, 3.05) is 0 Å². The second kappa shape index (κ2) is 9.64. The average Bonchev–Trinajstić information content (AvgIpc) is 3.48. The van der Waals surface area contributed by atoms with Crippen LogP contribution in [0, 0.1) is 6.92 Å². The Morgan fingerprint density at radius 2 is 1.71 bits per heavy atom. The maximum atomic E-state index is 11.7. The lowest BCUT2D eigenvalue weighted by atomic mass is 10.1. The molecule has 0 saturated heterocycles.